The van der Waals surface area contributed by atoms with Gasteiger partial charge in [0, 0.05) is 12.5 Å². The summed E-state index contributed by atoms with van der Waals surface area (Å²) in [4.78, 5) is 19.5. The van der Waals surface area contributed by atoms with Gasteiger partial charge in [-0.3, -0.25) is 4.79 Å². The Morgan fingerprint density at radius 3 is 2.68 bits per heavy atom. The highest BCUT2D eigenvalue weighted by Crippen LogP contribution is 2.27. The van der Waals surface area contributed by atoms with E-state index in [-0.39, 0.29) is 16.3 Å². The molecular weight excluding hydrogens is 285 g/mol. The molecule has 19 heavy (non-hydrogen) atoms. The number of nitrogens with zero attached hydrogens (tertiary/aromatic N) is 2. The standard InChI is InChI=1S/C13H17Cl2N3O/c14-10-8-11(18-13(15)16-10)17-12(19)7-6-9-4-2-1-3-5-9/h8-9H,1-7H2,(H,16,17,18,19). The van der Waals surface area contributed by atoms with E-state index in [4.69, 9.17) is 23.2 Å². The van der Waals surface area contributed by atoms with Gasteiger partial charge in [-0.1, -0.05) is 43.7 Å². The van der Waals surface area contributed by atoms with Crippen LogP contribution in [0.3, 0.4) is 0 Å². The monoisotopic (exact) mass is 301 g/mol. The Morgan fingerprint density at radius 2 is 2.00 bits per heavy atom. The Kier molecular flexibility index (Phi) is 5.40. The zero-order chi connectivity index (χ0) is 13.7. The second kappa shape index (κ2) is 7.06. The summed E-state index contributed by atoms with van der Waals surface area (Å²) in [5.74, 6) is 1.01. The first-order chi connectivity index (χ1) is 9.13. The Bertz CT molecular complexity index is 427. The molecule has 104 valence electrons. The number of rotatable bonds is 4. The molecule has 4 nitrogen and oxygen atoms in total. The van der Waals surface area contributed by atoms with E-state index in [0.29, 0.717) is 18.2 Å². The number of carbonyl (C=O) groups excluding carboxylic acids is 1. The van der Waals surface area contributed by atoms with Crippen LogP contribution in [0.25, 0.3) is 0 Å². The number of amides is 1. The fourth-order valence-corrected chi connectivity index (χ4v) is 2.88. The summed E-state index contributed by atoms with van der Waals surface area (Å²) >= 11 is 11.4. The van der Waals surface area contributed by atoms with Gasteiger partial charge in [-0.2, -0.15) is 0 Å². The van der Waals surface area contributed by atoms with Crippen molar-refractivity contribution in [1.82, 2.24) is 9.97 Å². The lowest BCUT2D eigenvalue weighted by atomic mass is 9.86. The number of aromatic nitrogens is 2. The van der Waals surface area contributed by atoms with Crippen LogP contribution in [-0.2, 0) is 4.79 Å². The van der Waals surface area contributed by atoms with Crippen molar-refractivity contribution in [2.45, 2.75) is 44.9 Å². The topological polar surface area (TPSA) is 54.9 Å². The third-order valence-corrected chi connectivity index (χ3v) is 3.80. The summed E-state index contributed by atoms with van der Waals surface area (Å²) in [6.07, 6.45) is 7.88. The lowest BCUT2D eigenvalue weighted by Crippen LogP contribution is -2.15. The number of anilines is 1. The zero-order valence-electron chi connectivity index (χ0n) is 10.7. The van der Waals surface area contributed by atoms with E-state index in [2.05, 4.69) is 15.3 Å². The summed E-state index contributed by atoms with van der Waals surface area (Å²) in [6.45, 7) is 0. The van der Waals surface area contributed by atoms with Crippen molar-refractivity contribution in [1.29, 1.82) is 0 Å². The highest BCUT2D eigenvalue weighted by atomic mass is 35.5. The number of carbonyl (C=O) groups is 1. The molecule has 1 aliphatic carbocycles. The molecule has 0 saturated heterocycles. The molecule has 0 aromatic carbocycles. The van der Waals surface area contributed by atoms with Crippen LogP contribution in [0.5, 0.6) is 0 Å². The van der Waals surface area contributed by atoms with Crippen molar-refractivity contribution < 1.29 is 4.79 Å². The number of halogens is 2. The minimum Gasteiger partial charge on any atom is -0.311 e. The lowest BCUT2D eigenvalue weighted by molar-refractivity contribution is -0.116. The molecule has 0 atom stereocenters. The molecule has 6 heteroatoms. The number of hydrogen-bond acceptors (Lipinski definition) is 3. The smallest absolute Gasteiger partial charge is 0.225 e. The van der Waals surface area contributed by atoms with Crippen molar-refractivity contribution in [3.63, 3.8) is 0 Å². The minimum atomic E-state index is -0.0450. The van der Waals surface area contributed by atoms with Crippen LogP contribution in [0.1, 0.15) is 44.9 Å². The molecule has 2 rings (SSSR count). The maximum absolute atomic E-state index is 11.8. The average molecular weight is 302 g/mol. The molecule has 1 aromatic heterocycles. The van der Waals surface area contributed by atoms with Gasteiger partial charge in [0.15, 0.2) is 0 Å². The molecule has 1 saturated carbocycles. The molecule has 1 aliphatic rings. The zero-order valence-corrected chi connectivity index (χ0v) is 12.2. The molecule has 1 N–H and O–H groups in total. The molecule has 1 heterocycles. The van der Waals surface area contributed by atoms with E-state index in [1.807, 2.05) is 0 Å². The summed E-state index contributed by atoms with van der Waals surface area (Å²) in [6, 6.07) is 1.49. The van der Waals surface area contributed by atoms with Crippen molar-refractivity contribution in [3.8, 4) is 0 Å². The molecule has 0 bridgehead atoms. The van der Waals surface area contributed by atoms with E-state index in [1.165, 1.54) is 38.2 Å². The minimum absolute atomic E-state index is 0.0371. The van der Waals surface area contributed by atoms with Gasteiger partial charge in [0.2, 0.25) is 11.2 Å². The fraction of sp³-hybridized carbons (Fsp3) is 0.615. The van der Waals surface area contributed by atoms with Crippen LogP contribution in [0.2, 0.25) is 10.4 Å². The molecule has 0 spiro atoms. The first kappa shape index (κ1) is 14.5. The van der Waals surface area contributed by atoms with Crippen molar-refractivity contribution in [2.24, 2.45) is 5.92 Å². The van der Waals surface area contributed by atoms with Gasteiger partial charge in [-0.05, 0) is 23.9 Å². The van der Waals surface area contributed by atoms with Gasteiger partial charge in [-0.25, -0.2) is 9.97 Å². The maximum atomic E-state index is 11.8. The van der Waals surface area contributed by atoms with Crippen LogP contribution in [-0.4, -0.2) is 15.9 Å². The van der Waals surface area contributed by atoms with E-state index >= 15 is 0 Å². The molecule has 0 radical (unpaired) electrons. The van der Waals surface area contributed by atoms with E-state index in [0.717, 1.165) is 6.42 Å². The Balaban J connectivity index is 1.80. The van der Waals surface area contributed by atoms with Crippen molar-refractivity contribution >= 4 is 34.9 Å². The van der Waals surface area contributed by atoms with Gasteiger partial charge in [0.25, 0.3) is 0 Å². The maximum Gasteiger partial charge on any atom is 0.225 e. The molecule has 1 fully saturated rings. The van der Waals surface area contributed by atoms with E-state index < -0.39 is 0 Å². The highest BCUT2D eigenvalue weighted by Gasteiger charge is 2.15. The van der Waals surface area contributed by atoms with Crippen molar-refractivity contribution in [3.05, 3.63) is 16.5 Å². The second-order valence-electron chi connectivity index (χ2n) is 4.94. The first-order valence-electron chi connectivity index (χ1n) is 6.63. The van der Waals surface area contributed by atoms with Gasteiger partial charge >= 0.3 is 0 Å². The van der Waals surface area contributed by atoms with E-state index in [9.17, 15) is 4.79 Å². The molecule has 0 unspecified atom stereocenters. The molecule has 0 aliphatic heterocycles. The Labute approximate surface area is 122 Å². The first-order valence-corrected chi connectivity index (χ1v) is 7.39. The van der Waals surface area contributed by atoms with Crippen LogP contribution in [0.15, 0.2) is 6.07 Å². The fourth-order valence-electron chi connectivity index (χ4n) is 2.47. The highest BCUT2D eigenvalue weighted by molar-refractivity contribution is 6.32. The van der Waals surface area contributed by atoms with Crippen LogP contribution < -0.4 is 5.32 Å². The van der Waals surface area contributed by atoms with Gasteiger partial charge in [0.05, 0.1) is 0 Å². The normalized spacial score (nSPS) is 16.3. The molecular formula is C13H17Cl2N3O. The lowest BCUT2D eigenvalue weighted by Gasteiger charge is -2.20. The third-order valence-electron chi connectivity index (χ3n) is 3.44. The Hall–Kier alpha value is -0.870. The third kappa shape index (κ3) is 4.96. The van der Waals surface area contributed by atoms with Gasteiger partial charge < -0.3 is 5.32 Å². The number of nitrogens with one attached hydrogen (secondary N) is 1. The quantitative estimate of drug-likeness (QED) is 0.673. The summed E-state index contributed by atoms with van der Waals surface area (Å²) < 4.78 is 0. The largest absolute Gasteiger partial charge is 0.311 e. The predicted molar refractivity (Wildman–Crippen MR) is 76.5 cm³/mol. The Morgan fingerprint density at radius 1 is 1.26 bits per heavy atom. The summed E-state index contributed by atoms with van der Waals surface area (Å²) in [5, 5.41) is 2.97. The summed E-state index contributed by atoms with van der Waals surface area (Å²) in [7, 11) is 0. The van der Waals surface area contributed by atoms with Crippen molar-refractivity contribution in [2.75, 3.05) is 5.32 Å². The SMILES string of the molecule is O=C(CCC1CCCCC1)Nc1cc(Cl)nc(Cl)n1. The molecule has 1 amide bonds. The predicted octanol–water partition coefficient (Wildman–Crippen LogP) is 4.08. The average Bonchev–Trinajstić information content (AvgIpc) is 2.36. The van der Waals surface area contributed by atoms with Crippen LogP contribution >= 0.6 is 23.2 Å². The number of hydrogen-bond donors (Lipinski definition) is 1. The molecule has 1 aromatic rings. The van der Waals surface area contributed by atoms with Gasteiger partial charge in [0.1, 0.15) is 11.0 Å². The summed E-state index contributed by atoms with van der Waals surface area (Å²) in [5.41, 5.74) is 0. The van der Waals surface area contributed by atoms with E-state index in [1.54, 1.807) is 0 Å². The van der Waals surface area contributed by atoms with Crippen LogP contribution in [0.4, 0.5) is 5.82 Å². The van der Waals surface area contributed by atoms with Crippen LogP contribution in [0, 0.1) is 5.92 Å². The van der Waals surface area contributed by atoms with Gasteiger partial charge in [-0.15, -0.1) is 0 Å². The second-order valence-corrected chi connectivity index (χ2v) is 5.66.